The SMILES string of the molecule is CCCNC(C)(CCN(C)CCOC)C(=O)OCC. The van der Waals surface area contributed by atoms with E-state index in [0.29, 0.717) is 13.2 Å². The van der Waals surface area contributed by atoms with Gasteiger partial charge >= 0.3 is 5.97 Å². The predicted octanol–water partition coefficient (Wildman–Crippen LogP) is 1.28. The second-order valence-electron chi connectivity index (χ2n) is 5.03. The molecule has 114 valence electrons. The van der Waals surface area contributed by atoms with Crippen molar-refractivity contribution in [1.29, 1.82) is 0 Å². The average Bonchev–Trinajstić information content (AvgIpc) is 2.40. The molecule has 1 N–H and O–H groups in total. The maximum atomic E-state index is 12.1. The van der Waals surface area contributed by atoms with Gasteiger partial charge in [-0.3, -0.25) is 4.79 Å². The summed E-state index contributed by atoms with van der Waals surface area (Å²) in [5.41, 5.74) is -0.604. The average molecular weight is 274 g/mol. The summed E-state index contributed by atoms with van der Waals surface area (Å²) < 4.78 is 10.2. The molecule has 0 heterocycles. The van der Waals surface area contributed by atoms with Gasteiger partial charge in [0, 0.05) is 20.2 Å². The zero-order valence-corrected chi connectivity index (χ0v) is 13.1. The van der Waals surface area contributed by atoms with Crippen LogP contribution in [0.25, 0.3) is 0 Å². The van der Waals surface area contributed by atoms with Gasteiger partial charge in [0.05, 0.1) is 13.2 Å². The Morgan fingerprint density at radius 2 is 2.00 bits per heavy atom. The Morgan fingerprint density at radius 3 is 2.53 bits per heavy atom. The Hall–Kier alpha value is -0.650. The van der Waals surface area contributed by atoms with Gasteiger partial charge in [-0.15, -0.1) is 0 Å². The van der Waals surface area contributed by atoms with Crippen LogP contribution in [0.5, 0.6) is 0 Å². The fourth-order valence-corrected chi connectivity index (χ4v) is 1.73. The summed E-state index contributed by atoms with van der Waals surface area (Å²) in [6, 6.07) is 0. The van der Waals surface area contributed by atoms with E-state index in [9.17, 15) is 4.79 Å². The van der Waals surface area contributed by atoms with Crippen LogP contribution >= 0.6 is 0 Å². The zero-order valence-electron chi connectivity index (χ0n) is 13.1. The lowest BCUT2D eigenvalue weighted by Gasteiger charge is -2.30. The predicted molar refractivity (Wildman–Crippen MR) is 77.3 cm³/mol. The minimum Gasteiger partial charge on any atom is -0.465 e. The molecular formula is C14H30N2O3. The van der Waals surface area contributed by atoms with E-state index < -0.39 is 5.54 Å². The van der Waals surface area contributed by atoms with Gasteiger partial charge in [-0.2, -0.15) is 0 Å². The number of nitrogens with zero attached hydrogens (tertiary/aromatic N) is 1. The Kier molecular flexibility index (Phi) is 9.83. The van der Waals surface area contributed by atoms with Gasteiger partial charge < -0.3 is 19.7 Å². The van der Waals surface area contributed by atoms with Crippen molar-refractivity contribution in [2.75, 3.05) is 47.0 Å². The van der Waals surface area contributed by atoms with Crippen molar-refractivity contribution in [2.45, 2.75) is 39.2 Å². The number of likely N-dealkylation sites (N-methyl/N-ethyl adjacent to an activating group) is 1. The van der Waals surface area contributed by atoms with E-state index in [0.717, 1.165) is 32.5 Å². The first-order valence-electron chi connectivity index (χ1n) is 7.09. The van der Waals surface area contributed by atoms with Crippen molar-refractivity contribution in [3.63, 3.8) is 0 Å². The number of hydrogen-bond donors (Lipinski definition) is 1. The van der Waals surface area contributed by atoms with Gasteiger partial charge in [0.25, 0.3) is 0 Å². The number of carbonyl (C=O) groups excluding carboxylic acids is 1. The molecule has 0 aliphatic rings. The minimum absolute atomic E-state index is 0.163. The van der Waals surface area contributed by atoms with Crippen LogP contribution in [0.1, 0.15) is 33.6 Å². The summed E-state index contributed by atoms with van der Waals surface area (Å²) in [6.45, 7) is 9.48. The Balaban J connectivity index is 4.36. The molecule has 0 bridgehead atoms. The molecule has 19 heavy (non-hydrogen) atoms. The van der Waals surface area contributed by atoms with Gasteiger partial charge in [0.1, 0.15) is 5.54 Å². The van der Waals surface area contributed by atoms with E-state index in [2.05, 4.69) is 17.1 Å². The lowest BCUT2D eigenvalue weighted by molar-refractivity contribution is -0.151. The first-order valence-corrected chi connectivity index (χ1v) is 7.09. The third-order valence-corrected chi connectivity index (χ3v) is 3.16. The molecule has 0 spiro atoms. The normalized spacial score (nSPS) is 14.4. The van der Waals surface area contributed by atoms with Gasteiger partial charge in [-0.05, 0) is 40.3 Å². The second-order valence-corrected chi connectivity index (χ2v) is 5.03. The molecule has 0 fully saturated rings. The van der Waals surface area contributed by atoms with Crippen molar-refractivity contribution in [1.82, 2.24) is 10.2 Å². The summed E-state index contributed by atoms with van der Waals surface area (Å²) >= 11 is 0. The summed E-state index contributed by atoms with van der Waals surface area (Å²) in [7, 11) is 3.73. The molecule has 0 aromatic heterocycles. The van der Waals surface area contributed by atoms with Gasteiger partial charge in [-0.1, -0.05) is 6.92 Å². The van der Waals surface area contributed by atoms with E-state index in [1.807, 2.05) is 20.9 Å². The molecule has 5 heteroatoms. The number of methoxy groups -OCH3 is 1. The Morgan fingerprint density at radius 1 is 1.32 bits per heavy atom. The molecular weight excluding hydrogens is 244 g/mol. The van der Waals surface area contributed by atoms with Gasteiger partial charge in [0.2, 0.25) is 0 Å². The van der Waals surface area contributed by atoms with Crippen molar-refractivity contribution in [3.8, 4) is 0 Å². The molecule has 0 aliphatic carbocycles. The smallest absolute Gasteiger partial charge is 0.326 e. The highest BCUT2D eigenvalue weighted by molar-refractivity contribution is 5.80. The third-order valence-electron chi connectivity index (χ3n) is 3.16. The standard InChI is InChI=1S/C14H30N2O3/c1-6-9-15-14(3,13(17)19-7-2)8-10-16(4)11-12-18-5/h15H,6-12H2,1-5H3. The molecule has 5 nitrogen and oxygen atoms in total. The van der Waals surface area contributed by atoms with Crippen molar-refractivity contribution < 1.29 is 14.3 Å². The van der Waals surface area contributed by atoms with Crippen molar-refractivity contribution >= 4 is 5.97 Å². The maximum Gasteiger partial charge on any atom is 0.326 e. The van der Waals surface area contributed by atoms with E-state index in [-0.39, 0.29) is 5.97 Å². The van der Waals surface area contributed by atoms with Crippen LogP contribution in [0.2, 0.25) is 0 Å². The highest BCUT2D eigenvalue weighted by atomic mass is 16.5. The molecule has 1 unspecified atom stereocenters. The minimum atomic E-state index is -0.604. The van der Waals surface area contributed by atoms with Gasteiger partial charge in [0.15, 0.2) is 0 Å². The third kappa shape index (κ3) is 7.50. The topological polar surface area (TPSA) is 50.8 Å². The largest absolute Gasteiger partial charge is 0.465 e. The first kappa shape index (κ1) is 18.4. The molecule has 0 saturated carbocycles. The molecule has 0 amide bonds. The molecule has 0 rings (SSSR count). The van der Waals surface area contributed by atoms with Crippen LogP contribution in [0, 0.1) is 0 Å². The molecule has 0 aliphatic heterocycles. The van der Waals surface area contributed by atoms with Crippen LogP contribution < -0.4 is 5.32 Å². The fraction of sp³-hybridized carbons (Fsp3) is 0.929. The molecule has 0 aromatic carbocycles. The second kappa shape index (κ2) is 10.2. The van der Waals surface area contributed by atoms with Crippen molar-refractivity contribution in [2.24, 2.45) is 0 Å². The number of nitrogens with one attached hydrogen (secondary N) is 1. The maximum absolute atomic E-state index is 12.1. The lowest BCUT2D eigenvalue weighted by atomic mass is 9.97. The fourth-order valence-electron chi connectivity index (χ4n) is 1.73. The van der Waals surface area contributed by atoms with E-state index >= 15 is 0 Å². The summed E-state index contributed by atoms with van der Waals surface area (Å²) in [5, 5.41) is 3.31. The van der Waals surface area contributed by atoms with Crippen LogP contribution in [0.15, 0.2) is 0 Å². The molecule has 0 aromatic rings. The number of ether oxygens (including phenoxy) is 2. The lowest BCUT2D eigenvalue weighted by Crippen LogP contribution is -2.52. The molecule has 0 saturated heterocycles. The number of esters is 1. The Labute approximate surface area is 117 Å². The summed E-state index contributed by atoms with van der Waals surface area (Å²) in [4.78, 5) is 14.2. The number of rotatable bonds is 11. The Bertz CT molecular complexity index is 249. The van der Waals surface area contributed by atoms with Crippen molar-refractivity contribution in [3.05, 3.63) is 0 Å². The highest BCUT2D eigenvalue weighted by Crippen LogP contribution is 2.13. The molecule has 0 radical (unpaired) electrons. The zero-order chi connectivity index (χ0) is 14.7. The number of hydrogen-bond acceptors (Lipinski definition) is 5. The van der Waals surface area contributed by atoms with E-state index in [1.165, 1.54) is 0 Å². The quantitative estimate of drug-likeness (QED) is 0.575. The van der Waals surface area contributed by atoms with Gasteiger partial charge in [-0.25, -0.2) is 0 Å². The van der Waals surface area contributed by atoms with Crippen LogP contribution in [0.4, 0.5) is 0 Å². The van der Waals surface area contributed by atoms with Crippen LogP contribution in [-0.2, 0) is 14.3 Å². The van der Waals surface area contributed by atoms with Crippen LogP contribution in [-0.4, -0.2) is 63.4 Å². The van der Waals surface area contributed by atoms with Crippen LogP contribution in [0.3, 0.4) is 0 Å². The van der Waals surface area contributed by atoms with E-state index in [1.54, 1.807) is 7.11 Å². The first-order chi connectivity index (χ1) is 9.00. The number of carbonyl (C=O) groups is 1. The molecule has 1 atom stereocenters. The summed E-state index contributed by atoms with van der Waals surface area (Å²) in [5.74, 6) is -0.163. The summed E-state index contributed by atoms with van der Waals surface area (Å²) in [6.07, 6.45) is 1.72. The monoisotopic (exact) mass is 274 g/mol. The highest BCUT2D eigenvalue weighted by Gasteiger charge is 2.33. The van der Waals surface area contributed by atoms with E-state index in [4.69, 9.17) is 9.47 Å².